The molecule has 0 radical (unpaired) electrons. The second kappa shape index (κ2) is 7.79. The number of likely N-dealkylation sites (tertiary alicyclic amines) is 1. The summed E-state index contributed by atoms with van der Waals surface area (Å²) in [6, 6.07) is 5.27. The number of anilines is 1. The van der Waals surface area contributed by atoms with E-state index < -0.39 is 0 Å². The number of hydrogen-bond donors (Lipinski definition) is 1. The minimum atomic E-state index is -0.302. The third kappa shape index (κ3) is 4.24. The average Bonchev–Trinajstić information content (AvgIpc) is 2.49. The molecule has 0 aliphatic carbocycles. The minimum Gasteiger partial charge on any atom is -0.375 e. The highest BCUT2D eigenvalue weighted by molar-refractivity contribution is 6.31. The molecule has 0 unspecified atom stereocenters. The second-order valence-electron chi connectivity index (χ2n) is 6.01. The van der Waals surface area contributed by atoms with Crippen LogP contribution in [0.1, 0.15) is 43.5 Å². The Labute approximate surface area is 141 Å². The number of carbonyl (C=O) groups is 2. The Morgan fingerprint density at radius 3 is 2.57 bits per heavy atom. The summed E-state index contributed by atoms with van der Waals surface area (Å²) in [7, 11) is 1.45. The molecule has 1 aliphatic rings. The zero-order chi connectivity index (χ0) is 17.0. The first-order chi connectivity index (χ1) is 10.9. The second-order valence-corrected chi connectivity index (χ2v) is 6.45. The normalized spacial score (nSPS) is 21.1. The fourth-order valence-electron chi connectivity index (χ4n) is 3.08. The van der Waals surface area contributed by atoms with Gasteiger partial charge in [0.1, 0.15) is 6.61 Å². The van der Waals surface area contributed by atoms with Gasteiger partial charge in [0, 0.05) is 24.2 Å². The van der Waals surface area contributed by atoms with E-state index in [1.165, 1.54) is 7.11 Å². The van der Waals surface area contributed by atoms with Gasteiger partial charge >= 0.3 is 0 Å². The molecular weight excluding hydrogens is 316 g/mol. The summed E-state index contributed by atoms with van der Waals surface area (Å²) in [5, 5.41) is 3.19. The number of methoxy groups -OCH3 is 1. The predicted octanol–water partition coefficient (Wildman–Crippen LogP) is 3.33. The lowest BCUT2D eigenvalue weighted by atomic mass is 9.96. The molecule has 1 aliphatic heterocycles. The molecule has 1 heterocycles. The first kappa shape index (κ1) is 17.8. The van der Waals surface area contributed by atoms with Crippen LogP contribution in [0.3, 0.4) is 0 Å². The molecule has 6 heteroatoms. The topological polar surface area (TPSA) is 58.6 Å². The smallest absolute Gasteiger partial charge is 0.256 e. The molecule has 2 atom stereocenters. The summed E-state index contributed by atoms with van der Waals surface area (Å²) >= 11 is 6.06. The Balaban J connectivity index is 2.31. The Morgan fingerprint density at radius 1 is 1.30 bits per heavy atom. The maximum absolute atomic E-state index is 13.0. The van der Waals surface area contributed by atoms with Gasteiger partial charge in [0.05, 0.1) is 11.3 Å². The molecule has 1 fully saturated rings. The molecule has 0 saturated carbocycles. The van der Waals surface area contributed by atoms with Crippen LogP contribution in [0.4, 0.5) is 5.69 Å². The first-order valence-electron chi connectivity index (χ1n) is 7.85. The number of amides is 2. The van der Waals surface area contributed by atoms with Gasteiger partial charge in [0.15, 0.2) is 0 Å². The van der Waals surface area contributed by atoms with Crippen molar-refractivity contribution >= 4 is 29.1 Å². The number of nitrogens with zero attached hydrogens (tertiary/aromatic N) is 1. The average molecular weight is 339 g/mol. The Hall–Kier alpha value is -1.59. The Kier molecular flexibility index (Phi) is 6.02. The van der Waals surface area contributed by atoms with Gasteiger partial charge in [-0.15, -0.1) is 0 Å². The van der Waals surface area contributed by atoms with Crippen molar-refractivity contribution in [2.45, 2.75) is 45.2 Å². The van der Waals surface area contributed by atoms with Crippen LogP contribution < -0.4 is 5.32 Å². The molecule has 0 spiro atoms. The number of piperidine rings is 1. The van der Waals surface area contributed by atoms with Gasteiger partial charge in [-0.1, -0.05) is 11.6 Å². The van der Waals surface area contributed by atoms with E-state index in [1.807, 2.05) is 4.90 Å². The molecule has 1 aromatic rings. The van der Waals surface area contributed by atoms with E-state index >= 15 is 0 Å². The summed E-state index contributed by atoms with van der Waals surface area (Å²) in [5.74, 6) is -0.400. The summed E-state index contributed by atoms with van der Waals surface area (Å²) in [4.78, 5) is 26.7. The van der Waals surface area contributed by atoms with Crippen molar-refractivity contribution in [3.63, 3.8) is 0 Å². The van der Waals surface area contributed by atoms with Gasteiger partial charge in [0.2, 0.25) is 5.91 Å². The van der Waals surface area contributed by atoms with Crippen molar-refractivity contribution in [1.29, 1.82) is 0 Å². The number of carbonyl (C=O) groups excluding carboxylic acids is 2. The molecule has 126 valence electrons. The third-order valence-electron chi connectivity index (χ3n) is 4.19. The van der Waals surface area contributed by atoms with E-state index in [9.17, 15) is 9.59 Å². The highest BCUT2D eigenvalue weighted by Crippen LogP contribution is 2.28. The van der Waals surface area contributed by atoms with Gasteiger partial charge in [-0.3, -0.25) is 9.59 Å². The van der Waals surface area contributed by atoms with Crippen molar-refractivity contribution in [2.75, 3.05) is 19.0 Å². The lowest BCUT2D eigenvalue weighted by Crippen LogP contribution is -2.47. The zero-order valence-corrected chi connectivity index (χ0v) is 14.5. The van der Waals surface area contributed by atoms with E-state index in [0.29, 0.717) is 16.3 Å². The molecule has 23 heavy (non-hydrogen) atoms. The van der Waals surface area contributed by atoms with Gasteiger partial charge in [-0.2, -0.15) is 0 Å². The van der Waals surface area contributed by atoms with E-state index in [4.69, 9.17) is 16.3 Å². The van der Waals surface area contributed by atoms with Crippen LogP contribution >= 0.6 is 11.6 Å². The van der Waals surface area contributed by atoms with E-state index in [0.717, 1.165) is 19.3 Å². The number of ether oxygens (including phenoxy) is 1. The van der Waals surface area contributed by atoms with Crippen molar-refractivity contribution in [3.8, 4) is 0 Å². The lowest BCUT2D eigenvalue weighted by Gasteiger charge is -2.39. The number of nitrogens with one attached hydrogen (secondary N) is 1. The molecule has 0 aromatic heterocycles. The number of halogens is 1. The van der Waals surface area contributed by atoms with Gasteiger partial charge in [-0.05, 0) is 51.3 Å². The maximum Gasteiger partial charge on any atom is 0.256 e. The molecule has 2 rings (SSSR count). The van der Waals surface area contributed by atoms with Crippen LogP contribution in [0.5, 0.6) is 0 Å². The molecule has 5 nitrogen and oxygen atoms in total. The van der Waals surface area contributed by atoms with E-state index in [-0.39, 0.29) is 30.5 Å². The fraction of sp³-hybridized carbons (Fsp3) is 0.529. The SMILES string of the molecule is COCC(=O)Nc1ccc(Cl)cc1C(=O)N1[C@H](C)CCC[C@@H]1C. The van der Waals surface area contributed by atoms with Crippen LogP contribution in [-0.2, 0) is 9.53 Å². The first-order valence-corrected chi connectivity index (χ1v) is 8.22. The summed E-state index contributed by atoms with van der Waals surface area (Å²) in [5.41, 5.74) is 0.883. The van der Waals surface area contributed by atoms with Crippen molar-refractivity contribution < 1.29 is 14.3 Å². The standard InChI is InChI=1S/C17H23ClN2O3/c1-11-5-4-6-12(2)20(11)17(22)14-9-13(18)7-8-15(14)19-16(21)10-23-3/h7-9,11-12H,4-6,10H2,1-3H3,(H,19,21)/t11-,12+. The molecular formula is C17H23ClN2O3. The Morgan fingerprint density at radius 2 is 1.96 bits per heavy atom. The summed E-state index contributed by atoms with van der Waals surface area (Å²) in [6.07, 6.45) is 3.10. The van der Waals surface area contributed by atoms with E-state index in [2.05, 4.69) is 19.2 Å². The van der Waals surface area contributed by atoms with Gasteiger partial charge in [0.25, 0.3) is 5.91 Å². The zero-order valence-electron chi connectivity index (χ0n) is 13.8. The van der Waals surface area contributed by atoms with Crippen LogP contribution in [0.15, 0.2) is 18.2 Å². The summed E-state index contributed by atoms with van der Waals surface area (Å²) < 4.78 is 4.82. The van der Waals surface area contributed by atoms with Crippen LogP contribution in [-0.4, -0.2) is 42.5 Å². The quantitative estimate of drug-likeness (QED) is 0.916. The van der Waals surface area contributed by atoms with Crippen molar-refractivity contribution in [3.05, 3.63) is 28.8 Å². The monoisotopic (exact) mass is 338 g/mol. The molecule has 1 aromatic carbocycles. The van der Waals surface area contributed by atoms with Gasteiger partial charge < -0.3 is 15.0 Å². The minimum absolute atomic E-state index is 0.0627. The molecule has 1 saturated heterocycles. The van der Waals surface area contributed by atoms with Crippen molar-refractivity contribution in [1.82, 2.24) is 4.90 Å². The lowest BCUT2D eigenvalue weighted by molar-refractivity contribution is -0.119. The predicted molar refractivity (Wildman–Crippen MR) is 90.9 cm³/mol. The third-order valence-corrected chi connectivity index (χ3v) is 4.42. The fourth-order valence-corrected chi connectivity index (χ4v) is 3.25. The number of hydrogen-bond acceptors (Lipinski definition) is 3. The molecule has 0 bridgehead atoms. The molecule has 2 amide bonds. The highest BCUT2D eigenvalue weighted by Gasteiger charge is 2.31. The number of benzene rings is 1. The van der Waals surface area contributed by atoms with Crippen LogP contribution in [0, 0.1) is 0 Å². The highest BCUT2D eigenvalue weighted by atomic mass is 35.5. The Bertz CT molecular complexity index is 581. The largest absolute Gasteiger partial charge is 0.375 e. The van der Waals surface area contributed by atoms with Crippen LogP contribution in [0.2, 0.25) is 5.02 Å². The van der Waals surface area contributed by atoms with Crippen molar-refractivity contribution in [2.24, 2.45) is 0 Å². The number of rotatable bonds is 4. The van der Waals surface area contributed by atoms with Gasteiger partial charge in [-0.25, -0.2) is 0 Å². The van der Waals surface area contributed by atoms with Crippen LogP contribution in [0.25, 0.3) is 0 Å². The summed E-state index contributed by atoms with van der Waals surface area (Å²) in [6.45, 7) is 4.05. The molecule has 1 N–H and O–H groups in total. The van der Waals surface area contributed by atoms with E-state index in [1.54, 1.807) is 18.2 Å². The maximum atomic E-state index is 13.0.